The number of nitrogens with one attached hydrogen (secondary N) is 2. The van der Waals surface area contributed by atoms with Crippen molar-refractivity contribution in [1.29, 1.82) is 0 Å². The third-order valence-electron chi connectivity index (χ3n) is 11.6. The Morgan fingerprint density at radius 2 is 0.984 bits per heavy atom. The minimum Gasteiger partial charge on any atom is -0.441 e. The van der Waals surface area contributed by atoms with Crippen molar-refractivity contribution in [2.24, 2.45) is 11.8 Å². The third kappa shape index (κ3) is 11.0. The Hall–Kier alpha value is -6.86. The summed E-state index contributed by atoms with van der Waals surface area (Å²) in [6.07, 6.45) is -6.42. The van der Waals surface area contributed by atoms with Crippen molar-refractivity contribution in [3.05, 3.63) is 97.1 Å². The number of hydrogen-bond acceptors (Lipinski definition) is 10. The van der Waals surface area contributed by atoms with E-state index in [1.165, 1.54) is 12.1 Å². The molecule has 8 rings (SSSR count). The zero-order valence-corrected chi connectivity index (χ0v) is 34.0. The van der Waals surface area contributed by atoms with Crippen LogP contribution < -0.4 is 41.4 Å². The fourth-order valence-electron chi connectivity index (χ4n) is 8.35. The Balaban J connectivity index is 0.000000191. The first-order valence-corrected chi connectivity index (χ1v) is 20.3. The molecule has 14 nitrogen and oxygen atoms in total. The average Bonchev–Trinajstić information content (AvgIpc) is 3.74. The number of anilines is 6. The number of nitrogen functional groups attached to an aromatic ring is 2. The van der Waals surface area contributed by atoms with E-state index in [2.05, 4.69) is 20.1 Å². The van der Waals surface area contributed by atoms with E-state index in [0.29, 0.717) is 64.5 Å². The summed E-state index contributed by atoms with van der Waals surface area (Å²) in [6, 6.07) is 25.2. The van der Waals surface area contributed by atoms with Crippen LogP contribution in [0.3, 0.4) is 0 Å². The van der Waals surface area contributed by atoms with Crippen LogP contribution >= 0.6 is 0 Å². The van der Waals surface area contributed by atoms with Gasteiger partial charge in [-0.05, 0) is 99.9 Å². The molecule has 2 aliphatic carbocycles. The number of halogens is 6. The lowest BCUT2D eigenvalue weighted by molar-refractivity contribution is -0.275. The Morgan fingerprint density at radius 1 is 0.578 bits per heavy atom. The van der Waals surface area contributed by atoms with Crippen LogP contribution in [0, 0.1) is 11.8 Å². The Kier molecular flexibility index (Phi) is 12.8. The minimum atomic E-state index is -4.85. The Labute approximate surface area is 362 Å². The smallest absolute Gasteiger partial charge is 0.441 e. The van der Waals surface area contributed by atoms with Crippen molar-refractivity contribution in [2.75, 3.05) is 45.0 Å². The van der Waals surface area contributed by atoms with Crippen LogP contribution in [0.25, 0.3) is 0 Å². The molecule has 4 aromatic rings. The van der Waals surface area contributed by atoms with Crippen LogP contribution in [0.15, 0.2) is 97.1 Å². The number of hydrogen-bond donors (Lipinski definition) is 4. The molecule has 2 saturated heterocycles. The number of para-hydroxylation sites is 2. The maximum atomic E-state index is 12.7. The molecule has 4 fully saturated rings. The van der Waals surface area contributed by atoms with Gasteiger partial charge in [0.05, 0.1) is 35.8 Å². The number of ether oxygens (including phenoxy) is 4. The van der Waals surface area contributed by atoms with E-state index in [4.69, 9.17) is 20.9 Å². The predicted octanol–water partition coefficient (Wildman–Crippen LogP) is 9.38. The van der Waals surface area contributed by atoms with E-state index in [9.17, 15) is 45.5 Å². The molecule has 0 bridgehead atoms. The Bertz CT molecular complexity index is 2340. The van der Waals surface area contributed by atoms with E-state index in [0.717, 1.165) is 35.6 Å². The highest BCUT2D eigenvalue weighted by Crippen LogP contribution is 2.43. The number of nitrogens with two attached hydrogens (primary N) is 2. The molecule has 4 aromatic carbocycles. The number of benzene rings is 4. The highest BCUT2D eigenvalue weighted by atomic mass is 19.4. The number of rotatable bonds is 8. The molecular weight excluding hydrogens is 855 g/mol. The zero-order chi connectivity index (χ0) is 45.9. The van der Waals surface area contributed by atoms with Gasteiger partial charge in [-0.15, -0.1) is 26.3 Å². The second-order valence-electron chi connectivity index (χ2n) is 16.1. The lowest BCUT2D eigenvalue weighted by Gasteiger charge is -2.34. The maximum absolute atomic E-state index is 12.7. The van der Waals surface area contributed by atoms with Crippen LogP contribution in [-0.2, 0) is 19.1 Å². The molecule has 0 aromatic heterocycles. The fraction of sp³-hybridized carbons (Fsp3) is 0.364. The summed E-state index contributed by atoms with van der Waals surface area (Å²) in [5.74, 6) is -2.25. The van der Waals surface area contributed by atoms with E-state index in [1.54, 1.807) is 9.80 Å². The largest absolute Gasteiger partial charge is 0.573 e. The number of carbonyl (C=O) groups excluding carboxylic acids is 4. The van der Waals surface area contributed by atoms with Gasteiger partial charge < -0.3 is 41.0 Å². The lowest BCUT2D eigenvalue weighted by atomic mass is 9.78. The fourth-order valence-corrected chi connectivity index (χ4v) is 8.35. The lowest BCUT2D eigenvalue weighted by Crippen LogP contribution is -2.41. The first kappa shape index (κ1) is 45.2. The monoisotopic (exact) mass is 898 g/mol. The summed E-state index contributed by atoms with van der Waals surface area (Å²) in [6.45, 7) is 0.839. The summed E-state index contributed by atoms with van der Waals surface area (Å²) in [5.41, 5.74) is 12.2. The zero-order valence-electron chi connectivity index (χ0n) is 34.0. The normalized spacial score (nSPS) is 23.2. The molecule has 4 aliphatic rings. The van der Waals surface area contributed by atoms with Gasteiger partial charge in [-0.1, -0.05) is 36.4 Å². The maximum Gasteiger partial charge on any atom is 0.573 e. The summed E-state index contributed by atoms with van der Waals surface area (Å²) in [4.78, 5) is 53.4. The number of nitrogens with zero attached hydrogens (tertiary/aromatic N) is 2. The van der Waals surface area contributed by atoms with Gasteiger partial charge in [0, 0.05) is 35.3 Å². The SMILES string of the molecule is Nc1cc(OC(F)(F)F)ccc1NC(=O)C1CCC2(CC1)CN(c1ccccc1)C(=O)O2.Nc1ccc(OC(F)(F)F)cc1NC(=O)C1CCC2(CC1)CN(c1ccccc1)C(=O)O2. The average molecular weight is 899 g/mol. The molecule has 0 atom stereocenters. The molecule has 6 N–H and O–H groups in total. The molecule has 2 saturated carbocycles. The Morgan fingerprint density at radius 3 is 1.41 bits per heavy atom. The van der Waals surface area contributed by atoms with Gasteiger partial charge in [0.15, 0.2) is 0 Å². The molecule has 4 amide bonds. The molecule has 2 heterocycles. The van der Waals surface area contributed by atoms with Crippen LogP contribution in [-0.4, -0.2) is 61.0 Å². The van der Waals surface area contributed by atoms with Crippen molar-refractivity contribution >= 4 is 58.1 Å². The van der Waals surface area contributed by atoms with Crippen molar-refractivity contribution in [3.8, 4) is 11.5 Å². The topological polar surface area (TPSA) is 188 Å². The second kappa shape index (κ2) is 18.1. The standard InChI is InChI=1S/2C22H22F3N3O4/c23-22(24,25)31-16-6-7-18(17(26)12-16)27-19(29)14-8-10-21(11-9-14)13-28(20(30)32-21)15-4-2-1-3-5-15;23-22(24,25)31-16-6-7-17(26)18(12-16)27-19(29)14-8-10-21(11-9-14)13-28(20(30)32-21)15-4-2-1-3-5-15/h2*1-7,12,14H,8-11,13,26H2,(H,27,29). The van der Waals surface area contributed by atoms with Crippen LogP contribution in [0.2, 0.25) is 0 Å². The number of amides is 4. The van der Waals surface area contributed by atoms with Gasteiger partial charge in [0.25, 0.3) is 0 Å². The van der Waals surface area contributed by atoms with Crippen LogP contribution in [0.1, 0.15) is 51.4 Å². The van der Waals surface area contributed by atoms with Crippen LogP contribution in [0.5, 0.6) is 11.5 Å². The minimum absolute atomic E-state index is 0.0318. The highest BCUT2D eigenvalue weighted by molar-refractivity contribution is 5.97. The van der Waals surface area contributed by atoms with Gasteiger partial charge in [0.2, 0.25) is 11.8 Å². The van der Waals surface area contributed by atoms with Gasteiger partial charge in [-0.25, -0.2) is 9.59 Å². The second-order valence-corrected chi connectivity index (χ2v) is 16.1. The third-order valence-corrected chi connectivity index (χ3v) is 11.6. The summed E-state index contributed by atoms with van der Waals surface area (Å²) >= 11 is 0. The van der Waals surface area contributed by atoms with Gasteiger partial charge in [0.1, 0.15) is 22.7 Å². The highest BCUT2D eigenvalue weighted by Gasteiger charge is 2.50. The summed E-state index contributed by atoms with van der Waals surface area (Å²) in [7, 11) is 0. The van der Waals surface area contributed by atoms with Crippen molar-refractivity contribution in [3.63, 3.8) is 0 Å². The van der Waals surface area contributed by atoms with E-state index in [-0.39, 0.29) is 46.4 Å². The van der Waals surface area contributed by atoms with Crippen molar-refractivity contribution in [1.82, 2.24) is 0 Å². The molecule has 2 aliphatic heterocycles. The van der Waals surface area contributed by atoms with Crippen LogP contribution in [0.4, 0.5) is 70.1 Å². The van der Waals surface area contributed by atoms with E-state index >= 15 is 0 Å². The van der Waals surface area contributed by atoms with Gasteiger partial charge in [-0.2, -0.15) is 0 Å². The van der Waals surface area contributed by atoms with Gasteiger partial charge in [-0.3, -0.25) is 19.4 Å². The van der Waals surface area contributed by atoms with Crippen molar-refractivity contribution < 1.29 is 64.5 Å². The summed E-state index contributed by atoms with van der Waals surface area (Å²) < 4.78 is 93.5. The molecular formula is C44H44F6N6O8. The van der Waals surface area contributed by atoms with Gasteiger partial charge >= 0.3 is 24.9 Å². The number of carbonyl (C=O) groups is 4. The molecule has 20 heteroatoms. The first-order valence-electron chi connectivity index (χ1n) is 20.3. The molecule has 64 heavy (non-hydrogen) atoms. The first-order chi connectivity index (χ1) is 30.3. The van der Waals surface area contributed by atoms with E-state index < -0.39 is 47.6 Å². The number of alkyl halides is 6. The molecule has 2 spiro atoms. The quantitative estimate of drug-likeness (QED) is 0.0980. The molecule has 340 valence electrons. The molecule has 0 unspecified atom stereocenters. The molecule has 0 radical (unpaired) electrons. The van der Waals surface area contributed by atoms with E-state index in [1.807, 2.05) is 60.7 Å². The summed E-state index contributed by atoms with van der Waals surface area (Å²) in [5, 5.41) is 5.27. The van der Waals surface area contributed by atoms with Crippen molar-refractivity contribution in [2.45, 2.75) is 75.3 Å². The predicted molar refractivity (Wildman–Crippen MR) is 222 cm³/mol.